The van der Waals surface area contributed by atoms with Crippen molar-refractivity contribution < 1.29 is 19.1 Å². The van der Waals surface area contributed by atoms with Gasteiger partial charge >= 0.3 is 0 Å². The third-order valence-electron chi connectivity index (χ3n) is 4.79. The number of fused-ring (bicyclic) bond motifs is 1. The van der Waals surface area contributed by atoms with Gasteiger partial charge in [-0.05, 0) is 42.0 Å². The Bertz CT molecular complexity index is 1060. The summed E-state index contributed by atoms with van der Waals surface area (Å²) >= 11 is 12.3. The number of anilines is 1. The maximum atomic E-state index is 13.2. The fourth-order valence-electron chi connectivity index (χ4n) is 3.40. The molecule has 1 aromatic heterocycles. The molecule has 28 heavy (non-hydrogen) atoms. The molecule has 1 N–H and O–H groups in total. The minimum Gasteiger partial charge on any atom is -0.461 e. The van der Waals surface area contributed by atoms with Gasteiger partial charge < -0.3 is 14.4 Å². The van der Waals surface area contributed by atoms with Crippen LogP contribution in [0, 0.1) is 0 Å². The normalized spacial score (nSPS) is 18.4. The topological polar surface area (TPSA) is 70.8 Å². The number of furan rings is 1. The van der Waals surface area contributed by atoms with Crippen LogP contribution in [0.15, 0.2) is 65.3 Å². The molecule has 0 saturated heterocycles. The summed E-state index contributed by atoms with van der Waals surface area (Å²) in [7, 11) is 0. The number of hydrogen-bond donors (Lipinski definition) is 1. The van der Waals surface area contributed by atoms with Gasteiger partial charge in [-0.3, -0.25) is 9.59 Å². The number of carbonyl (C=O) groups is 2. The first kappa shape index (κ1) is 18.7. The van der Waals surface area contributed by atoms with Gasteiger partial charge in [0.15, 0.2) is 11.4 Å². The lowest BCUT2D eigenvalue weighted by atomic mass is 9.89. The molecule has 1 atom stereocenters. The highest BCUT2D eigenvalue weighted by Crippen LogP contribution is 2.45. The van der Waals surface area contributed by atoms with E-state index in [1.54, 1.807) is 36.4 Å². The summed E-state index contributed by atoms with van der Waals surface area (Å²) in [5.41, 5.74) is -0.535. The van der Waals surface area contributed by atoms with Gasteiger partial charge in [-0.2, -0.15) is 0 Å². The number of carbonyl (C=O) groups excluding carboxylic acids is 2. The smallest absolute Gasteiger partial charge is 0.264 e. The average Bonchev–Trinajstić information content (AvgIpc) is 3.27. The van der Waals surface area contributed by atoms with E-state index in [0.717, 1.165) is 5.56 Å². The Balaban J connectivity index is 1.74. The summed E-state index contributed by atoms with van der Waals surface area (Å²) in [6, 6.07) is 15.0. The van der Waals surface area contributed by atoms with Crippen molar-refractivity contribution in [3.05, 3.63) is 87.8 Å². The minimum atomic E-state index is -2.04. The summed E-state index contributed by atoms with van der Waals surface area (Å²) in [5, 5.41) is 12.1. The first-order valence-corrected chi connectivity index (χ1v) is 9.30. The van der Waals surface area contributed by atoms with Crippen LogP contribution in [0.2, 0.25) is 10.0 Å². The molecule has 2 heterocycles. The number of aliphatic hydroxyl groups is 1. The van der Waals surface area contributed by atoms with Gasteiger partial charge in [-0.15, -0.1) is 0 Å². The quantitative estimate of drug-likeness (QED) is 0.618. The van der Waals surface area contributed by atoms with E-state index in [1.165, 1.54) is 23.3 Å². The van der Waals surface area contributed by atoms with E-state index < -0.39 is 23.7 Å². The maximum Gasteiger partial charge on any atom is 0.264 e. The number of Topliss-reactive ketones (excluding diaryl/α,β-unsaturated/α-hetero) is 1. The molecule has 0 saturated carbocycles. The van der Waals surface area contributed by atoms with Crippen molar-refractivity contribution in [1.29, 1.82) is 0 Å². The monoisotopic (exact) mass is 415 g/mol. The molecule has 0 fully saturated rings. The summed E-state index contributed by atoms with van der Waals surface area (Å²) in [5.74, 6) is -1.01. The van der Waals surface area contributed by atoms with Gasteiger partial charge in [-0.25, -0.2) is 0 Å². The van der Waals surface area contributed by atoms with Gasteiger partial charge in [0, 0.05) is 15.6 Å². The summed E-state index contributed by atoms with van der Waals surface area (Å²) in [6.07, 6.45) is 0.911. The van der Waals surface area contributed by atoms with E-state index in [2.05, 4.69) is 0 Å². The number of hydrogen-bond acceptors (Lipinski definition) is 4. The van der Waals surface area contributed by atoms with Crippen LogP contribution in [-0.2, 0) is 16.9 Å². The van der Waals surface area contributed by atoms with Crippen LogP contribution in [-0.4, -0.2) is 16.8 Å². The van der Waals surface area contributed by atoms with E-state index in [-0.39, 0.29) is 17.9 Å². The Morgan fingerprint density at radius 1 is 1.11 bits per heavy atom. The molecule has 142 valence electrons. The highest BCUT2D eigenvalue weighted by molar-refractivity contribution is 6.31. The van der Waals surface area contributed by atoms with Crippen molar-refractivity contribution >= 4 is 40.6 Å². The fraction of sp³-hybridized carbons (Fsp3) is 0.143. The van der Waals surface area contributed by atoms with Crippen molar-refractivity contribution in [3.63, 3.8) is 0 Å². The number of ketones is 1. The zero-order chi connectivity index (χ0) is 19.9. The van der Waals surface area contributed by atoms with E-state index >= 15 is 0 Å². The van der Waals surface area contributed by atoms with Crippen molar-refractivity contribution in [2.75, 3.05) is 4.90 Å². The lowest BCUT2D eigenvalue weighted by molar-refractivity contribution is -0.136. The Morgan fingerprint density at radius 2 is 1.89 bits per heavy atom. The lowest BCUT2D eigenvalue weighted by Crippen LogP contribution is -2.41. The molecule has 5 nitrogen and oxygen atoms in total. The number of halogens is 2. The Morgan fingerprint density at radius 3 is 2.61 bits per heavy atom. The zero-order valence-corrected chi connectivity index (χ0v) is 16.1. The largest absolute Gasteiger partial charge is 0.461 e. The van der Waals surface area contributed by atoms with Crippen LogP contribution in [0.3, 0.4) is 0 Å². The minimum absolute atomic E-state index is 0.0781. The van der Waals surface area contributed by atoms with E-state index in [1.807, 2.05) is 6.07 Å². The first-order chi connectivity index (χ1) is 13.4. The summed E-state index contributed by atoms with van der Waals surface area (Å²) in [6.45, 7) is 0.157. The molecule has 0 aliphatic carbocycles. The molecule has 3 aromatic rings. The van der Waals surface area contributed by atoms with Gasteiger partial charge in [0.2, 0.25) is 5.78 Å². The predicted octanol–water partition coefficient (Wildman–Crippen LogP) is 4.59. The third kappa shape index (κ3) is 3.11. The van der Waals surface area contributed by atoms with Gasteiger partial charge in [0.05, 0.1) is 24.9 Å². The molecule has 0 unspecified atom stereocenters. The highest BCUT2D eigenvalue weighted by Gasteiger charge is 2.51. The molecular formula is C21H15Cl2NO4. The lowest BCUT2D eigenvalue weighted by Gasteiger charge is -2.22. The number of nitrogens with zero attached hydrogens (tertiary/aromatic N) is 1. The molecule has 4 rings (SSSR count). The van der Waals surface area contributed by atoms with Gasteiger partial charge in [0.1, 0.15) is 0 Å². The zero-order valence-electron chi connectivity index (χ0n) is 14.6. The second-order valence-electron chi connectivity index (χ2n) is 6.58. The standard InChI is InChI=1S/C21H15Cl2NO4/c22-14-7-8-17-15(10-14)21(27,11-18(25)19-6-3-9-28-19)20(26)24(17)12-13-4-1-2-5-16(13)23/h1-10,27H,11-12H2/t21-/m1/s1. The highest BCUT2D eigenvalue weighted by atomic mass is 35.5. The van der Waals surface area contributed by atoms with Crippen molar-refractivity contribution in [2.45, 2.75) is 18.6 Å². The molecular weight excluding hydrogens is 401 g/mol. The maximum absolute atomic E-state index is 13.2. The second kappa shape index (κ2) is 7.09. The molecule has 1 aliphatic rings. The molecule has 7 heteroatoms. The van der Waals surface area contributed by atoms with Crippen LogP contribution < -0.4 is 4.90 Å². The number of rotatable bonds is 5. The number of benzene rings is 2. The van der Waals surface area contributed by atoms with Crippen LogP contribution in [0.1, 0.15) is 28.1 Å². The molecule has 0 radical (unpaired) electrons. The van der Waals surface area contributed by atoms with Crippen molar-refractivity contribution in [1.82, 2.24) is 0 Å². The molecule has 1 amide bonds. The van der Waals surface area contributed by atoms with Crippen molar-refractivity contribution in [2.24, 2.45) is 0 Å². The SMILES string of the molecule is O=C(C[C@]1(O)C(=O)N(Cc2ccccc2Cl)c2ccc(Cl)cc21)c1ccco1. The second-order valence-corrected chi connectivity index (χ2v) is 7.43. The van der Waals surface area contributed by atoms with Gasteiger partial charge in [-0.1, -0.05) is 41.4 Å². The van der Waals surface area contributed by atoms with Crippen LogP contribution >= 0.6 is 23.2 Å². The number of amides is 1. The Kier molecular flexibility index (Phi) is 4.75. The summed E-state index contributed by atoms with van der Waals surface area (Å²) in [4.78, 5) is 27.2. The Labute approximate surface area is 171 Å². The Hall–Kier alpha value is -2.60. The third-order valence-corrected chi connectivity index (χ3v) is 5.40. The molecule has 2 aromatic carbocycles. The fourth-order valence-corrected chi connectivity index (χ4v) is 3.77. The first-order valence-electron chi connectivity index (χ1n) is 8.54. The van der Waals surface area contributed by atoms with Crippen LogP contribution in [0.25, 0.3) is 0 Å². The summed E-state index contributed by atoms with van der Waals surface area (Å²) < 4.78 is 5.11. The van der Waals surface area contributed by atoms with E-state index in [0.29, 0.717) is 15.7 Å². The molecule has 0 bridgehead atoms. The van der Waals surface area contributed by atoms with Crippen LogP contribution in [0.4, 0.5) is 5.69 Å². The van der Waals surface area contributed by atoms with Gasteiger partial charge in [0.25, 0.3) is 5.91 Å². The molecule has 1 aliphatic heterocycles. The van der Waals surface area contributed by atoms with Crippen molar-refractivity contribution in [3.8, 4) is 0 Å². The molecule has 0 spiro atoms. The van der Waals surface area contributed by atoms with Crippen LogP contribution in [0.5, 0.6) is 0 Å². The predicted molar refractivity (Wildman–Crippen MR) is 106 cm³/mol. The van der Waals surface area contributed by atoms with E-state index in [9.17, 15) is 14.7 Å². The average molecular weight is 416 g/mol. The van der Waals surface area contributed by atoms with E-state index in [4.69, 9.17) is 27.6 Å².